The van der Waals surface area contributed by atoms with Gasteiger partial charge in [-0.15, -0.1) is 0 Å². The van der Waals surface area contributed by atoms with Gasteiger partial charge in [0.05, 0.1) is 31.9 Å². The fourth-order valence-corrected chi connectivity index (χ4v) is 3.31. The first-order valence-corrected chi connectivity index (χ1v) is 10.3. The first-order valence-electron chi connectivity index (χ1n) is 10.3. The van der Waals surface area contributed by atoms with Crippen molar-refractivity contribution in [2.75, 3.05) is 30.9 Å². The van der Waals surface area contributed by atoms with Gasteiger partial charge in [-0.3, -0.25) is 19.3 Å². The van der Waals surface area contributed by atoms with E-state index < -0.39 is 11.8 Å². The van der Waals surface area contributed by atoms with Gasteiger partial charge in [-0.2, -0.15) is 0 Å². The number of nitrogens with zero attached hydrogens (tertiary/aromatic N) is 1. The molecule has 8 nitrogen and oxygen atoms in total. The number of rotatable bonds is 9. The van der Waals surface area contributed by atoms with E-state index in [2.05, 4.69) is 10.6 Å². The molecule has 0 unspecified atom stereocenters. The topological polar surface area (TPSA) is 97.0 Å². The number of nitrogens with one attached hydrogen (secondary N) is 2. The number of hydrogen-bond donors (Lipinski definition) is 2. The van der Waals surface area contributed by atoms with Gasteiger partial charge in [0.15, 0.2) is 0 Å². The van der Waals surface area contributed by atoms with Gasteiger partial charge in [0.25, 0.3) is 11.8 Å². The summed E-state index contributed by atoms with van der Waals surface area (Å²) in [5.74, 6) is -0.400. The van der Waals surface area contributed by atoms with Crippen LogP contribution < -0.4 is 15.4 Å². The number of anilines is 2. The zero-order valence-electron chi connectivity index (χ0n) is 18.6. The SMILES string of the molecule is COc1cccc(NC2=C(c3ccc(NC(C)=O)cc3)C(=O)N(CCOC(C)C)C2=O)c1. The van der Waals surface area contributed by atoms with Gasteiger partial charge in [-0.05, 0) is 43.7 Å². The van der Waals surface area contributed by atoms with Crippen molar-refractivity contribution in [2.45, 2.75) is 26.9 Å². The zero-order chi connectivity index (χ0) is 23.3. The Kier molecular flexibility index (Phi) is 7.27. The summed E-state index contributed by atoms with van der Waals surface area (Å²) in [5, 5.41) is 5.79. The van der Waals surface area contributed by atoms with Crippen LogP contribution in [0, 0.1) is 0 Å². The predicted octanol–water partition coefficient (Wildman–Crippen LogP) is 3.27. The molecule has 3 amide bonds. The van der Waals surface area contributed by atoms with Crippen LogP contribution in [0.15, 0.2) is 54.2 Å². The molecular formula is C24H27N3O5. The molecular weight excluding hydrogens is 410 g/mol. The van der Waals surface area contributed by atoms with Crippen LogP contribution in [0.1, 0.15) is 26.3 Å². The molecule has 1 aliphatic rings. The van der Waals surface area contributed by atoms with Gasteiger partial charge in [0.1, 0.15) is 11.4 Å². The lowest BCUT2D eigenvalue weighted by molar-refractivity contribution is -0.138. The summed E-state index contributed by atoms with van der Waals surface area (Å²) in [4.78, 5) is 38.9. The van der Waals surface area contributed by atoms with Gasteiger partial charge >= 0.3 is 0 Å². The monoisotopic (exact) mass is 437 g/mol. The van der Waals surface area contributed by atoms with Crippen LogP contribution >= 0.6 is 0 Å². The molecule has 0 aliphatic carbocycles. The molecule has 3 rings (SSSR count). The quantitative estimate of drug-likeness (QED) is 0.585. The molecule has 0 saturated carbocycles. The predicted molar refractivity (Wildman–Crippen MR) is 122 cm³/mol. The standard InChI is InChI=1S/C24H27N3O5/c1-15(2)32-13-12-27-23(29)21(17-8-10-18(11-9-17)25-16(3)28)22(24(27)30)26-19-6-5-7-20(14-19)31-4/h5-11,14-15,26H,12-13H2,1-4H3,(H,25,28). The smallest absolute Gasteiger partial charge is 0.278 e. The number of imide groups is 1. The molecule has 0 spiro atoms. The number of carbonyl (C=O) groups excluding carboxylic acids is 3. The Hall–Kier alpha value is -3.65. The molecule has 0 radical (unpaired) electrons. The molecule has 2 aromatic rings. The van der Waals surface area contributed by atoms with Crippen LogP contribution in [-0.2, 0) is 19.1 Å². The van der Waals surface area contributed by atoms with Crippen LogP contribution in [0.25, 0.3) is 5.57 Å². The van der Waals surface area contributed by atoms with E-state index in [-0.39, 0.29) is 36.4 Å². The average molecular weight is 437 g/mol. The number of methoxy groups -OCH3 is 1. The van der Waals surface area contributed by atoms with Crippen LogP contribution in [0.2, 0.25) is 0 Å². The van der Waals surface area contributed by atoms with E-state index in [1.54, 1.807) is 55.6 Å². The molecule has 0 saturated heterocycles. The summed E-state index contributed by atoms with van der Waals surface area (Å²) in [5.41, 5.74) is 2.23. The molecule has 168 valence electrons. The Balaban J connectivity index is 1.96. The number of carbonyl (C=O) groups is 3. The summed E-state index contributed by atoms with van der Waals surface area (Å²) in [6.45, 7) is 5.60. The Labute approximate surface area is 187 Å². The van der Waals surface area contributed by atoms with E-state index in [4.69, 9.17) is 9.47 Å². The van der Waals surface area contributed by atoms with Crippen molar-refractivity contribution < 1.29 is 23.9 Å². The third-order valence-corrected chi connectivity index (χ3v) is 4.77. The molecule has 0 atom stereocenters. The number of hydrogen-bond acceptors (Lipinski definition) is 6. The zero-order valence-corrected chi connectivity index (χ0v) is 18.6. The lowest BCUT2D eigenvalue weighted by Crippen LogP contribution is -2.35. The summed E-state index contributed by atoms with van der Waals surface area (Å²) < 4.78 is 10.8. The van der Waals surface area contributed by atoms with Gasteiger partial charge in [-0.1, -0.05) is 18.2 Å². The third-order valence-electron chi connectivity index (χ3n) is 4.77. The van der Waals surface area contributed by atoms with Gasteiger partial charge in [0.2, 0.25) is 5.91 Å². The third kappa shape index (κ3) is 5.33. The Morgan fingerprint density at radius 1 is 1.03 bits per heavy atom. The highest BCUT2D eigenvalue weighted by Gasteiger charge is 2.39. The average Bonchev–Trinajstić information content (AvgIpc) is 2.98. The summed E-state index contributed by atoms with van der Waals surface area (Å²) in [6, 6.07) is 13.9. The Morgan fingerprint density at radius 3 is 2.38 bits per heavy atom. The molecule has 2 N–H and O–H groups in total. The van der Waals surface area contributed by atoms with Gasteiger partial charge < -0.3 is 20.1 Å². The Bertz CT molecular complexity index is 1040. The summed E-state index contributed by atoms with van der Waals surface area (Å²) in [6.07, 6.45) is -0.00839. The second-order valence-electron chi connectivity index (χ2n) is 7.55. The van der Waals surface area contributed by atoms with Crippen molar-refractivity contribution in [3.8, 4) is 5.75 Å². The fraction of sp³-hybridized carbons (Fsp3) is 0.292. The van der Waals surface area contributed by atoms with Gasteiger partial charge in [-0.25, -0.2) is 0 Å². The van der Waals surface area contributed by atoms with Crippen LogP contribution in [0.4, 0.5) is 11.4 Å². The highest BCUT2D eigenvalue weighted by molar-refractivity contribution is 6.36. The van der Waals surface area contributed by atoms with Crippen molar-refractivity contribution in [1.29, 1.82) is 0 Å². The first kappa shape index (κ1) is 23.0. The molecule has 1 aliphatic heterocycles. The maximum atomic E-state index is 13.2. The van der Waals surface area contributed by atoms with E-state index in [0.717, 1.165) is 0 Å². The second kappa shape index (κ2) is 10.1. The highest BCUT2D eigenvalue weighted by atomic mass is 16.5. The summed E-state index contributed by atoms with van der Waals surface area (Å²) in [7, 11) is 1.56. The fourth-order valence-electron chi connectivity index (χ4n) is 3.31. The number of benzene rings is 2. The number of amides is 3. The molecule has 8 heteroatoms. The van der Waals surface area contributed by atoms with Crippen molar-refractivity contribution in [2.24, 2.45) is 0 Å². The lowest BCUT2D eigenvalue weighted by Gasteiger charge is -2.16. The van der Waals surface area contributed by atoms with E-state index in [0.29, 0.717) is 22.7 Å². The van der Waals surface area contributed by atoms with Crippen molar-refractivity contribution >= 4 is 34.7 Å². The largest absolute Gasteiger partial charge is 0.497 e. The molecule has 0 bridgehead atoms. The summed E-state index contributed by atoms with van der Waals surface area (Å²) >= 11 is 0. The highest BCUT2D eigenvalue weighted by Crippen LogP contribution is 2.31. The van der Waals surface area contributed by atoms with Gasteiger partial charge in [0, 0.05) is 24.4 Å². The van der Waals surface area contributed by atoms with Crippen LogP contribution in [0.3, 0.4) is 0 Å². The van der Waals surface area contributed by atoms with Crippen molar-refractivity contribution in [1.82, 2.24) is 4.90 Å². The molecule has 0 aromatic heterocycles. The first-order chi connectivity index (χ1) is 15.3. The van der Waals surface area contributed by atoms with E-state index >= 15 is 0 Å². The minimum atomic E-state index is -0.425. The second-order valence-corrected chi connectivity index (χ2v) is 7.55. The molecule has 32 heavy (non-hydrogen) atoms. The molecule has 0 fully saturated rings. The minimum absolute atomic E-state index is 0.00839. The minimum Gasteiger partial charge on any atom is -0.497 e. The molecule has 2 aromatic carbocycles. The van der Waals surface area contributed by atoms with E-state index in [9.17, 15) is 14.4 Å². The number of ether oxygens (including phenoxy) is 2. The normalized spacial score (nSPS) is 13.7. The lowest BCUT2D eigenvalue weighted by atomic mass is 10.0. The maximum Gasteiger partial charge on any atom is 0.278 e. The van der Waals surface area contributed by atoms with Crippen LogP contribution in [-0.4, -0.2) is 49.0 Å². The van der Waals surface area contributed by atoms with Crippen LogP contribution in [0.5, 0.6) is 5.75 Å². The van der Waals surface area contributed by atoms with E-state index in [1.807, 2.05) is 13.8 Å². The maximum absolute atomic E-state index is 13.2. The van der Waals surface area contributed by atoms with Crippen molar-refractivity contribution in [3.63, 3.8) is 0 Å². The molecule has 1 heterocycles. The van der Waals surface area contributed by atoms with Crippen molar-refractivity contribution in [3.05, 3.63) is 59.8 Å². The Morgan fingerprint density at radius 2 is 1.75 bits per heavy atom. The van der Waals surface area contributed by atoms with E-state index in [1.165, 1.54) is 11.8 Å².